The van der Waals surface area contributed by atoms with Crippen LogP contribution in [0.3, 0.4) is 0 Å². The van der Waals surface area contributed by atoms with E-state index in [1.807, 2.05) is 30.1 Å². The molecule has 0 saturated heterocycles. The monoisotopic (exact) mass is 323 g/mol. The summed E-state index contributed by atoms with van der Waals surface area (Å²) in [4.78, 5) is 13.1. The van der Waals surface area contributed by atoms with Crippen molar-refractivity contribution in [1.29, 1.82) is 0 Å². The minimum atomic E-state index is 0.313. The zero-order valence-corrected chi connectivity index (χ0v) is 13.0. The summed E-state index contributed by atoms with van der Waals surface area (Å²) >= 11 is 3.42. The Balaban J connectivity index is 1.98. The summed E-state index contributed by atoms with van der Waals surface area (Å²) in [5.74, 6) is 3.06. The van der Waals surface area contributed by atoms with E-state index in [-0.39, 0.29) is 0 Å². The first-order chi connectivity index (χ1) is 9.06. The summed E-state index contributed by atoms with van der Waals surface area (Å²) in [6.07, 6.45) is 4.63. The van der Waals surface area contributed by atoms with Gasteiger partial charge in [-0.3, -0.25) is 0 Å². The molecule has 6 heteroatoms. The average Bonchev–Trinajstić information content (AvgIpc) is 2.74. The van der Waals surface area contributed by atoms with Crippen molar-refractivity contribution in [1.82, 2.24) is 19.5 Å². The van der Waals surface area contributed by atoms with Crippen molar-refractivity contribution < 1.29 is 0 Å². The Bertz CT molecular complexity index is 550. The largest absolute Gasteiger partial charge is 0.369 e. The number of anilines is 1. The molecule has 0 radical (unpaired) electrons. The lowest BCUT2D eigenvalue weighted by atomic mass is 10.2. The third-order valence-corrected chi connectivity index (χ3v) is 3.21. The Morgan fingerprint density at radius 3 is 2.79 bits per heavy atom. The van der Waals surface area contributed by atoms with Crippen molar-refractivity contribution in [2.45, 2.75) is 26.2 Å². The summed E-state index contributed by atoms with van der Waals surface area (Å²) in [5, 5.41) is 3.31. The molecule has 2 aromatic heterocycles. The van der Waals surface area contributed by atoms with E-state index < -0.39 is 0 Å². The molecule has 1 N–H and O–H groups in total. The maximum absolute atomic E-state index is 4.49. The van der Waals surface area contributed by atoms with E-state index in [9.17, 15) is 0 Å². The van der Waals surface area contributed by atoms with Crippen LogP contribution in [-0.4, -0.2) is 26.1 Å². The van der Waals surface area contributed by atoms with Crippen molar-refractivity contribution in [3.63, 3.8) is 0 Å². The highest BCUT2D eigenvalue weighted by Gasteiger charge is 2.07. The number of rotatable bonds is 5. The molecule has 0 aliphatic rings. The molecule has 5 nitrogen and oxygen atoms in total. The van der Waals surface area contributed by atoms with Crippen LogP contribution in [0.25, 0.3) is 0 Å². The zero-order chi connectivity index (χ0) is 13.8. The molecule has 0 atom stereocenters. The Morgan fingerprint density at radius 2 is 2.16 bits per heavy atom. The highest BCUT2D eigenvalue weighted by Crippen LogP contribution is 2.17. The summed E-state index contributed by atoms with van der Waals surface area (Å²) in [7, 11) is 2.00. The fourth-order valence-electron chi connectivity index (χ4n) is 1.72. The van der Waals surface area contributed by atoms with Gasteiger partial charge in [0.2, 0.25) is 0 Å². The minimum Gasteiger partial charge on any atom is -0.369 e. The number of nitrogens with one attached hydrogen (secondary N) is 1. The first kappa shape index (κ1) is 14.0. The topological polar surface area (TPSA) is 55.6 Å². The fraction of sp³-hybridized carbons (Fsp3) is 0.462. The maximum Gasteiger partial charge on any atom is 0.134 e. The number of aryl methyl sites for hydroxylation is 1. The lowest BCUT2D eigenvalue weighted by Gasteiger charge is -2.09. The molecule has 0 unspecified atom stereocenters. The third-order valence-electron chi connectivity index (χ3n) is 2.80. The molecule has 0 saturated carbocycles. The molecule has 0 spiro atoms. The lowest BCUT2D eigenvalue weighted by molar-refractivity contribution is 0.764. The van der Waals surface area contributed by atoms with E-state index in [4.69, 9.17) is 0 Å². The Labute approximate surface area is 121 Å². The molecule has 0 amide bonds. The van der Waals surface area contributed by atoms with Crippen LogP contribution in [0.1, 0.15) is 31.4 Å². The van der Waals surface area contributed by atoms with Crippen LogP contribution in [-0.2, 0) is 13.5 Å². The van der Waals surface area contributed by atoms with Gasteiger partial charge in [-0.25, -0.2) is 15.0 Å². The second-order valence-electron chi connectivity index (χ2n) is 4.72. The summed E-state index contributed by atoms with van der Waals surface area (Å²) in [5.41, 5.74) is 0. The average molecular weight is 324 g/mol. The third kappa shape index (κ3) is 3.76. The van der Waals surface area contributed by atoms with Gasteiger partial charge in [-0.05, 0) is 15.9 Å². The minimum absolute atomic E-state index is 0.313. The summed E-state index contributed by atoms with van der Waals surface area (Å²) < 4.78 is 2.84. The Hall–Kier alpha value is -1.43. The smallest absolute Gasteiger partial charge is 0.134 e. The molecule has 2 rings (SSSR count). The van der Waals surface area contributed by atoms with Crippen LogP contribution >= 0.6 is 15.9 Å². The van der Waals surface area contributed by atoms with Crippen LogP contribution in [0.15, 0.2) is 23.1 Å². The first-order valence-corrected chi connectivity index (χ1v) is 7.10. The van der Waals surface area contributed by atoms with Gasteiger partial charge in [0.15, 0.2) is 0 Å². The Kier molecular flexibility index (Phi) is 4.52. The van der Waals surface area contributed by atoms with Gasteiger partial charge < -0.3 is 9.88 Å². The van der Waals surface area contributed by atoms with E-state index in [0.717, 1.165) is 35.0 Å². The number of aromatic nitrogens is 4. The van der Waals surface area contributed by atoms with Gasteiger partial charge in [0.1, 0.15) is 22.1 Å². The number of halogens is 1. The lowest BCUT2D eigenvalue weighted by Crippen LogP contribution is -2.11. The molecule has 0 aromatic carbocycles. The standard InChI is InChI=1S/C13H18BrN5/c1-9(2)13-17-10(14)8-11(18-13)15-5-4-12-16-6-7-19(12)3/h6-9H,4-5H2,1-3H3,(H,15,17,18). The van der Waals surface area contributed by atoms with Gasteiger partial charge in [0.25, 0.3) is 0 Å². The van der Waals surface area contributed by atoms with Crippen molar-refractivity contribution in [3.8, 4) is 0 Å². The van der Waals surface area contributed by atoms with Gasteiger partial charge in [-0.2, -0.15) is 0 Å². The summed E-state index contributed by atoms with van der Waals surface area (Å²) in [6.45, 7) is 4.96. The Morgan fingerprint density at radius 1 is 1.37 bits per heavy atom. The SMILES string of the molecule is CC(C)c1nc(Br)cc(NCCc2nccn2C)n1. The molecule has 0 aliphatic carbocycles. The van der Waals surface area contributed by atoms with Crippen LogP contribution in [0.2, 0.25) is 0 Å². The molecule has 0 bridgehead atoms. The highest BCUT2D eigenvalue weighted by atomic mass is 79.9. The number of hydrogen-bond donors (Lipinski definition) is 1. The molecular formula is C13H18BrN5. The first-order valence-electron chi connectivity index (χ1n) is 6.31. The number of nitrogens with zero attached hydrogens (tertiary/aromatic N) is 4. The number of imidazole rings is 1. The zero-order valence-electron chi connectivity index (χ0n) is 11.4. The van der Waals surface area contributed by atoms with E-state index in [0.29, 0.717) is 5.92 Å². The van der Waals surface area contributed by atoms with Crippen LogP contribution in [0.4, 0.5) is 5.82 Å². The van der Waals surface area contributed by atoms with E-state index in [1.54, 1.807) is 0 Å². The van der Waals surface area contributed by atoms with Crippen molar-refractivity contribution in [2.24, 2.45) is 7.05 Å². The molecule has 2 heterocycles. The fourth-order valence-corrected chi connectivity index (χ4v) is 2.12. The van der Waals surface area contributed by atoms with Crippen molar-refractivity contribution >= 4 is 21.7 Å². The quantitative estimate of drug-likeness (QED) is 0.859. The maximum atomic E-state index is 4.49. The second-order valence-corrected chi connectivity index (χ2v) is 5.53. The molecule has 0 aliphatic heterocycles. The van der Waals surface area contributed by atoms with Gasteiger partial charge in [0.05, 0.1) is 0 Å². The van der Waals surface area contributed by atoms with Crippen LogP contribution < -0.4 is 5.32 Å². The van der Waals surface area contributed by atoms with Crippen LogP contribution in [0.5, 0.6) is 0 Å². The molecule has 102 valence electrons. The van der Waals surface area contributed by atoms with Crippen molar-refractivity contribution in [3.05, 3.63) is 34.7 Å². The molecule has 2 aromatic rings. The second kappa shape index (κ2) is 6.14. The van der Waals surface area contributed by atoms with Gasteiger partial charge in [0, 0.05) is 44.4 Å². The van der Waals surface area contributed by atoms with E-state index >= 15 is 0 Å². The van der Waals surface area contributed by atoms with Gasteiger partial charge in [-0.1, -0.05) is 13.8 Å². The normalized spacial score (nSPS) is 11.0. The van der Waals surface area contributed by atoms with E-state index in [1.165, 1.54) is 0 Å². The predicted molar refractivity (Wildman–Crippen MR) is 79.2 cm³/mol. The highest BCUT2D eigenvalue weighted by molar-refractivity contribution is 9.10. The van der Waals surface area contributed by atoms with Crippen LogP contribution in [0, 0.1) is 0 Å². The molecule has 0 fully saturated rings. The van der Waals surface area contributed by atoms with Gasteiger partial charge in [-0.15, -0.1) is 0 Å². The summed E-state index contributed by atoms with van der Waals surface area (Å²) in [6, 6.07) is 1.89. The molecule has 19 heavy (non-hydrogen) atoms. The molecular weight excluding hydrogens is 306 g/mol. The van der Waals surface area contributed by atoms with Gasteiger partial charge >= 0.3 is 0 Å². The van der Waals surface area contributed by atoms with E-state index in [2.05, 4.69) is 50.0 Å². The predicted octanol–water partition coefficient (Wildman–Crippen LogP) is 2.75. The number of hydrogen-bond acceptors (Lipinski definition) is 4. The van der Waals surface area contributed by atoms with Crippen molar-refractivity contribution in [2.75, 3.05) is 11.9 Å².